The Hall–Kier alpha value is -1.97. The Kier molecular flexibility index (Phi) is 3.38. The van der Waals surface area contributed by atoms with E-state index < -0.39 is 0 Å². The highest BCUT2D eigenvalue weighted by atomic mass is 35.5. The average molecular weight is 305 g/mol. The SMILES string of the molecule is Nc1cccc2c(Oc3cccc(Cl)c3Cl)ccnc12. The van der Waals surface area contributed by atoms with Gasteiger partial charge < -0.3 is 10.5 Å². The highest BCUT2D eigenvalue weighted by molar-refractivity contribution is 6.42. The molecule has 1 heterocycles. The zero-order chi connectivity index (χ0) is 14.1. The minimum absolute atomic E-state index is 0.378. The number of anilines is 1. The van der Waals surface area contributed by atoms with Crippen LogP contribution in [0.25, 0.3) is 10.9 Å². The molecular formula is C15H10Cl2N2O. The van der Waals surface area contributed by atoms with E-state index in [1.165, 1.54) is 0 Å². The number of hydrogen-bond acceptors (Lipinski definition) is 3. The summed E-state index contributed by atoms with van der Waals surface area (Å²) in [5, 5.41) is 1.65. The van der Waals surface area contributed by atoms with Crippen LogP contribution < -0.4 is 10.5 Å². The second-order valence-electron chi connectivity index (χ2n) is 4.21. The fraction of sp³-hybridized carbons (Fsp3) is 0. The topological polar surface area (TPSA) is 48.1 Å². The molecule has 20 heavy (non-hydrogen) atoms. The summed E-state index contributed by atoms with van der Waals surface area (Å²) in [6, 6.07) is 12.6. The molecule has 0 bridgehead atoms. The van der Waals surface area contributed by atoms with E-state index in [1.807, 2.05) is 12.1 Å². The zero-order valence-electron chi connectivity index (χ0n) is 10.3. The fourth-order valence-electron chi connectivity index (χ4n) is 1.94. The van der Waals surface area contributed by atoms with Gasteiger partial charge in [-0.3, -0.25) is 4.98 Å². The number of nitrogens with two attached hydrogens (primary N) is 1. The highest BCUT2D eigenvalue weighted by Gasteiger charge is 2.10. The van der Waals surface area contributed by atoms with Crippen LogP contribution in [-0.4, -0.2) is 4.98 Å². The molecule has 0 unspecified atom stereocenters. The van der Waals surface area contributed by atoms with Gasteiger partial charge in [-0.1, -0.05) is 35.3 Å². The number of pyridine rings is 1. The Bertz CT molecular complexity index is 790. The van der Waals surface area contributed by atoms with Crippen LogP contribution in [-0.2, 0) is 0 Å². The van der Waals surface area contributed by atoms with Gasteiger partial charge in [0, 0.05) is 11.6 Å². The van der Waals surface area contributed by atoms with Crippen LogP contribution in [0.5, 0.6) is 11.5 Å². The molecule has 2 N–H and O–H groups in total. The molecule has 3 rings (SSSR count). The first-order valence-corrected chi connectivity index (χ1v) is 6.67. The van der Waals surface area contributed by atoms with Gasteiger partial charge in [-0.25, -0.2) is 0 Å². The van der Waals surface area contributed by atoms with Gasteiger partial charge in [0.05, 0.1) is 16.2 Å². The smallest absolute Gasteiger partial charge is 0.147 e. The quantitative estimate of drug-likeness (QED) is 0.684. The van der Waals surface area contributed by atoms with Gasteiger partial charge in [-0.05, 0) is 30.3 Å². The summed E-state index contributed by atoms with van der Waals surface area (Å²) in [6.07, 6.45) is 1.65. The molecule has 0 aliphatic carbocycles. The van der Waals surface area contributed by atoms with Crippen LogP contribution >= 0.6 is 23.2 Å². The number of benzene rings is 2. The second kappa shape index (κ2) is 5.19. The third-order valence-electron chi connectivity index (χ3n) is 2.90. The van der Waals surface area contributed by atoms with E-state index in [4.69, 9.17) is 33.7 Å². The molecule has 0 aliphatic heterocycles. The lowest BCUT2D eigenvalue weighted by atomic mass is 10.2. The maximum absolute atomic E-state index is 6.13. The van der Waals surface area contributed by atoms with E-state index >= 15 is 0 Å². The van der Waals surface area contributed by atoms with Crippen molar-refractivity contribution in [2.45, 2.75) is 0 Å². The van der Waals surface area contributed by atoms with Crippen molar-refractivity contribution in [3.05, 3.63) is 58.7 Å². The molecule has 2 aromatic carbocycles. The van der Waals surface area contributed by atoms with E-state index in [1.54, 1.807) is 36.5 Å². The Labute approximate surface area is 125 Å². The van der Waals surface area contributed by atoms with Gasteiger partial charge in [0.1, 0.15) is 16.5 Å². The van der Waals surface area contributed by atoms with Gasteiger partial charge in [0.15, 0.2) is 0 Å². The van der Waals surface area contributed by atoms with Crippen LogP contribution in [0.15, 0.2) is 48.7 Å². The fourth-order valence-corrected chi connectivity index (χ4v) is 2.27. The predicted octanol–water partition coefficient (Wildman–Crippen LogP) is 4.92. The van der Waals surface area contributed by atoms with E-state index in [9.17, 15) is 0 Å². The van der Waals surface area contributed by atoms with E-state index in [-0.39, 0.29) is 0 Å². The molecule has 0 saturated heterocycles. The average Bonchev–Trinajstić information content (AvgIpc) is 2.45. The van der Waals surface area contributed by atoms with Gasteiger partial charge in [-0.15, -0.1) is 0 Å². The first kappa shape index (κ1) is 13.0. The van der Waals surface area contributed by atoms with E-state index in [2.05, 4.69) is 4.98 Å². The Morgan fingerprint density at radius 3 is 2.60 bits per heavy atom. The summed E-state index contributed by atoms with van der Waals surface area (Å²) in [4.78, 5) is 4.26. The highest BCUT2D eigenvalue weighted by Crippen LogP contribution is 2.37. The molecule has 0 saturated carbocycles. The summed E-state index contributed by atoms with van der Waals surface area (Å²) in [7, 11) is 0. The summed E-state index contributed by atoms with van der Waals surface area (Å²) >= 11 is 12.1. The molecular weight excluding hydrogens is 295 g/mol. The lowest BCUT2D eigenvalue weighted by molar-refractivity contribution is 0.488. The van der Waals surface area contributed by atoms with Crippen LogP contribution in [0.4, 0.5) is 5.69 Å². The molecule has 100 valence electrons. The molecule has 0 aliphatic rings. The number of nitrogen functional groups attached to an aromatic ring is 1. The normalized spacial score (nSPS) is 10.7. The van der Waals surface area contributed by atoms with E-state index in [0.717, 1.165) is 5.39 Å². The molecule has 0 radical (unpaired) electrons. The Morgan fingerprint density at radius 1 is 0.950 bits per heavy atom. The van der Waals surface area contributed by atoms with Crippen molar-refractivity contribution in [1.82, 2.24) is 4.98 Å². The number of ether oxygens (including phenoxy) is 1. The van der Waals surface area contributed by atoms with Crippen molar-refractivity contribution in [2.75, 3.05) is 5.73 Å². The van der Waals surface area contributed by atoms with Crippen molar-refractivity contribution in [3.8, 4) is 11.5 Å². The molecule has 1 aromatic heterocycles. The number of hydrogen-bond donors (Lipinski definition) is 1. The summed E-state index contributed by atoms with van der Waals surface area (Å²) in [5.74, 6) is 1.13. The number of halogens is 2. The monoisotopic (exact) mass is 304 g/mol. The predicted molar refractivity (Wildman–Crippen MR) is 82.7 cm³/mol. The first-order chi connectivity index (χ1) is 9.66. The standard InChI is InChI=1S/C15H10Cl2N2O/c16-10-4-2-6-13(14(10)17)20-12-7-8-19-15-9(12)3-1-5-11(15)18/h1-8H,18H2. The van der Waals surface area contributed by atoms with Crippen molar-refractivity contribution >= 4 is 39.8 Å². The van der Waals surface area contributed by atoms with Gasteiger partial charge in [0.2, 0.25) is 0 Å². The summed E-state index contributed by atoms with van der Waals surface area (Å²) in [6.45, 7) is 0. The Balaban J connectivity index is 2.12. The van der Waals surface area contributed by atoms with Crippen LogP contribution in [0.1, 0.15) is 0 Å². The number of rotatable bonds is 2. The number of nitrogens with zero attached hydrogens (tertiary/aromatic N) is 1. The molecule has 0 fully saturated rings. The number of para-hydroxylation sites is 1. The summed E-state index contributed by atoms with van der Waals surface area (Å²) in [5.41, 5.74) is 7.21. The second-order valence-corrected chi connectivity index (χ2v) is 4.99. The van der Waals surface area contributed by atoms with Gasteiger partial charge in [0.25, 0.3) is 0 Å². The summed E-state index contributed by atoms with van der Waals surface area (Å²) < 4.78 is 5.85. The maximum Gasteiger partial charge on any atom is 0.147 e. The minimum atomic E-state index is 0.378. The molecule has 3 nitrogen and oxygen atoms in total. The van der Waals surface area contributed by atoms with Gasteiger partial charge in [-0.2, -0.15) is 0 Å². The first-order valence-electron chi connectivity index (χ1n) is 5.92. The zero-order valence-corrected chi connectivity index (χ0v) is 11.8. The van der Waals surface area contributed by atoms with Crippen LogP contribution in [0, 0.1) is 0 Å². The van der Waals surface area contributed by atoms with Crippen molar-refractivity contribution < 1.29 is 4.74 Å². The molecule has 0 spiro atoms. The number of aromatic nitrogens is 1. The lowest BCUT2D eigenvalue weighted by Crippen LogP contribution is -1.92. The third kappa shape index (κ3) is 2.26. The lowest BCUT2D eigenvalue weighted by Gasteiger charge is -2.11. The largest absolute Gasteiger partial charge is 0.455 e. The van der Waals surface area contributed by atoms with E-state index in [0.29, 0.717) is 32.7 Å². The Morgan fingerprint density at radius 2 is 1.75 bits per heavy atom. The van der Waals surface area contributed by atoms with Crippen LogP contribution in [0.2, 0.25) is 10.0 Å². The third-order valence-corrected chi connectivity index (χ3v) is 3.70. The molecule has 0 atom stereocenters. The maximum atomic E-state index is 6.13. The van der Waals surface area contributed by atoms with Gasteiger partial charge >= 0.3 is 0 Å². The number of fused-ring (bicyclic) bond motifs is 1. The molecule has 5 heteroatoms. The van der Waals surface area contributed by atoms with Crippen molar-refractivity contribution in [2.24, 2.45) is 0 Å². The van der Waals surface area contributed by atoms with Crippen LogP contribution in [0.3, 0.4) is 0 Å². The molecule has 3 aromatic rings. The van der Waals surface area contributed by atoms with Crippen molar-refractivity contribution in [3.63, 3.8) is 0 Å². The minimum Gasteiger partial charge on any atom is -0.455 e. The molecule has 0 amide bonds. The van der Waals surface area contributed by atoms with Crippen molar-refractivity contribution in [1.29, 1.82) is 0 Å².